The Morgan fingerprint density at radius 3 is 2.57 bits per heavy atom. The Hall–Kier alpha value is -2.00. The summed E-state index contributed by atoms with van der Waals surface area (Å²) in [6, 6.07) is 12.8. The molecule has 2 aromatic rings. The van der Waals surface area contributed by atoms with Crippen LogP contribution in [0.25, 0.3) is 0 Å². The molecule has 0 saturated carbocycles. The van der Waals surface area contributed by atoms with Crippen LogP contribution < -0.4 is 4.74 Å². The van der Waals surface area contributed by atoms with Crippen LogP contribution in [0.3, 0.4) is 0 Å². The topological polar surface area (TPSA) is 46.5 Å². The van der Waals surface area contributed by atoms with Crippen LogP contribution in [0.1, 0.15) is 22.6 Å². The number of benzene rings is 2. The third-order valence-electron chi connectivity index (χ3n) is 3.53. The van der Waals surface area contributed by atoms with Crippen molar-refractivity contribution < 1.29 is 14.6 Å². The van der Waals surface area contributed by atoms with Crippen LogP contribution in [0.2, 0.25) is 5.02 Å². The molecular weight excluding hydrogens is 288 g/mol. The van der Waals surface area contributed by atoms with Gasteiger partial charge >= 0.3 is 5.97 Å². The zero-order valence-corrected chi connectivity index (χ0v) is 12.7. The maximum atomic E-state index is 11.6. The van der Waals surface area contributed by atoms with Gasteiger partial charge in [-0.2, -0.15) is 0 Å². The van der Waals surface area contributed by atoms with Crippen molar-refractivity contribution in [1.29, 1.82) is 0 Å². The van der Waals surface area contributed by atoms with Crippen molar-refractivity contribution >= 4 is 17.6 Å². The quantitative estimate of drug-likeness (QED) is 0.906. The van der Waals surface area contributed by atoms with Gasteiger partial charge in [0, 0.05) is 5.02 Å². The minimum absolute atomic E-state index is 0.363. The van der Waals surface area contributed by atoms with E-state index in [1.165, 1.54) is 0 Å². The number of carbonyl (C=O) groups is 1. The number of halogens is 1. The summed E-state index contributed by atoms with van der Waals surface area (Å²) in [5.41, 5.74) is 2.51. The average Bonchev–Trinajstić information content (AvgIpc) is 2.46. The molecule has 3 nitrogen and oxygen atoms in total. The SMILES string of the molecule is COc1ccc(C(Cc2ccccc2Cl)C(=O)O)c(C)c1. The Kier molecular flexibility index (Phi) is 4.86. The molecule has 1 atom stereocenters. The number of carboxylic acid groups (broad SMARTS) is 1. The molecule has 110 valence electrons. The molecule has 0 aromatic heterocycles. The largest absolute Gasteiger partial charge is 0.497 e. The lowest BCUT2D eigenvalue weighted by Gasteiger charge is -2.17. The predicted octanol–water partition coefficient (Wildman–Crippen LogP) is 4.07. The minimum atomic E-state index is -0.858. The fourth-order valence-corrected chi connectivity index (χ4v) is 2.59. The molecule has 0 bridgehead atoms. The molecule has 4 heteroatoms. The van der Waals surface area contributed by atoms with E-state index in [0.717, 1.165) is 22.4 Å². The fraction of sp³-hybridized carbons (Fsp3) is 0.235. The van der Waals surface area contributed by atoms with Crippen molar-refractivity contribution in [3.63, 3.8) is 0 Å². The van der Waals surface area contributed by atoms with Crippen LogP contribution in [-0.4, -0.2) is 18.2 Å². The first kappa shape index (κ1) is 15.4. The minimum Gasteiger partial charge on any atom is -0.497 e. The van der Waals surface area contributed by atoms with E-state index in [1.807, 2.05) is 37.3 Å². The van der Waals surface area contributed by atoms with Gasteiger partial charge in [-0.25, -0.2) is 0 Å². The Morgan fingerprint density at radius 1 is 1.29 bits per heavy atom. The van der Waals surface area contributed by atoms with Gasteiger partial charge in [0.25, 0.3) is 0 Å². The maximum Gasteiger partial charge on any atom is 0.311 e. The number of hydrogen-bond donors (Lipinski definition) is 1. The molecule has 0 aliphatic carbocycles. The van der Waals surface area contributed by atoms with Gasteiger partial charge in [0.05, 0.1) is 13.0 Å². The van der Waals surface area contributed by atoms with Gasteiger partial charge in [0.1, 0.15) is 5.75 Å². The summed E-state index contributed by atoms with van der Waals surface area (Å²) in [6.07, 6.45) is 0.363. The summed E-state index contributed by atoms with van der Waals surface area (Å²) < 4.78 is 5.16. The standard InChI is InChI=1S/C17H17ClO3/c1-11-9-13(21-2)7-8-14(11)15(17(19)20)10-12-5-3-4-6-16(12)18/h3-9,15H,10H2,1-2H3,(H,19,20). The van der Waals surface area contributed by atoms with Crippen molar-refractivity contribution in [2.45, 2.75) is 19.3 Å². The lowest BCUT2D eigenvalue weighted by atomic mass is 9.89. The lowest BCUT2D eigenvalue weighted by molar-refractivity contribution is -0.138. The zero-order valence-electron chi connectivity index (χ0n) is 12.0. The average molecular weight is 305 g/mol. The number of rotatable bonds is 5. The fourth-order valence-electron chi connectivity index (χ4n) is 2.38. The van der Waals surface area contributed by atoms with Crippen LogP contribution in [0.4, 0.5) is 0 Å². The highest BCUT2D eigenvalue weighted by molar-refractivity contribution is 6.31. The van der Waals surface area contributed by atoms with E-state index >= 15 is 0 Å². The van der Waals surface area contributed by atoms with Crippen molar-refractivity contribution in [2.75, 3.05) is 7.11 Å². The third-order valence-corrected chi connectivity index (χ3v) is 3.90. The van der Waals surface area contributed by atoms with E-state index in [-0.39, 0.29) is 0 Å². The van der Waals surface area contributed by atoms with Crippen molar-refractivity contribution in [3.8, 4) is 5.75 Å². The number of ether oxygens (including phenoxy) is 1. The smallest absolute Gasteiger partial charge is 0.311 e. The molecule has 21 heavy (non-hydrogen) atoms. The van der Waals surface area contributed by atoms with E-state index in [2.05, 4.69) is 0 Å². The molecule has 0 aliphatic rings. The highest BCUT2D eigenvalue weighted by Gasteiger charge is 2.23. The molecule has 1 N–H and O–H groups in total. The first-order valence-electron chi connectivity index (χ1n) is 6.63. The second kappa shape index (κ2) is 6.64. The Bertz CT molecular complexity index is 652. The highest BCUT2D eigenvalue weighted by Crippen LogP contribution is 2.29. The molecule has 1 unspecified atom stereocenters. The molecule has 2 rings (SSSR count). The summed E-state index contributed by atoms with van der Waals surface area (Å²) in [4.78, 5) is 11.6. The van der Waals surface area contributed by atoms with Crippen LogP contribution >= 0.6 is 11.6 Å². The second-order valence-corrected chi connectivity index (χ2v) is 5.32. The van der Waals surface area contributed by atoms with Gasteiger partial charge in [-0.05, 0) is 48.2 Å². The molecular formula is C17H17ClO3. The predicted molar refractivity (Wildman–Crippen MR) is 83.3 cm³/mol. The van der Waals surface area contributed by atoms with Crippen LogP contribution in [0.15, 0.2) is 42.5 Å². The van der Waals surface area contributed by atoms with Gasteiger partial charge in [0.15, 0.2) is 0 Å². The van der Waals surface area contributed by atoms with Crippen molar-refractivity contribution in [1.82, 2.24) is 0 Å². The maximum absolute atomic E-state index is 11.6. The molecule has 0 amide bonds. The number of carboxylic acids is 1. The normalized spacial score (nSPS) is 12.0. The Morgan fingerprint density at radius 2 is 2.00 bits per heavy atom. The molecule has 2 aromatic carbocycles. The van der Waals surface area contributed by atoms with E-state index < -0.39 is 11.9 Å². The Balaban J connectivity index is 2.36. The monoisotopic (exact) mass is 304 g/mol. The van der Waals surface area contributed by atoms with E-state index in [4.69, 9.17) is 16.3 Å². The van der Waals surface area contributed by atoms with E-state index in [9.17, 15) is 9.90 Å². The van der Waals surface area contributed by atoms with Gasteiger partial charge < -0.3 is 9.84 Å². The summed E-state index contributed by atoms with van der Waals surface area (Å²) in [5, 5.41) is 10.1. The number of methoxy groups -OCH3 is 1. The summed E-state index contributed by atoms with van der Waals surface area (Å²) in [6.45, 7) is 1.89. The van der Waals surface area contributed by atoms with Gasteiger partial charge in [-0.3, -0.25) is 4.79 Å². The molecule has 0 saturated heterocycles. The van der Waals surface area contributed by atoms with Crippen molar-refractivity contribution in [3.05, 3.63) is 64.2 Å². The van der Waals surface area contributed by atoms with Gasteiger partial charge in [-0.1, -0.05) is 35.9 Å². The molecule has 0 aliphatic heterocycles. The zero-order chi connectivity index (χ0) is 15.4. The summed E-state index contributed by atoms with van der Waals surface area (Å²) >= 11 is 6.13. The first-order valence-corrected chi connectivity index (χ1v) is 7.01. The van der Waals surface area contributed by atoms with Gasteiger partial charge in [0.2, 0.25) is 0 Å². The number of aryl methyl sites for hydroxylation is 1. The molecule has 0 heterocycles. The number of aliphatic carboxylic acids is 1. The first-order chi connectivity index (χ1) is 10.0. The summed E-state index contributed by atoms with van der Waals surface area (Å²) in [7, 11) is 1.59. The van der Waals surface area contributed by atoms with Gasteiger partial charge in [-0.15, -0.1) is 0 Å². The van der Waals surface area contributed by atoms with Crippen LogP contribution in [0, 0.1) is 6.92 Å². The summed E-state index contributed by atoms with van der Waals surface area (Å²) in [5.74, 6) is -0.767. The third kappa shape index (κ3) is 3.56. The van der Waals surface area contributed by atoms with Crippen LogP contribution in [-0.2, 0) is 11.2 Å². The molecule has 0 fully saturated rings. The van der Waals surface area contributed by atoms with E-state index in [1.54, 1.807) is 19.2 Å². The highest BCUT2D eigenvalue weighted by atomic mass is 35.5. The van der Waals surface area contributed by atoms with Crippen molar-refractivity contribution in [2.24, 2.45) is 0 Å². The molecule has 0 radical (unpaired) electrons. The lowest BCUT2D eigenvalue weighted by Crippen LogP contribution is -2.16. The van der Waals surface area contributed by atoms with Crippen LogP contribution in [0.5, 0.6) is 5.75 Å². The van der Waals surface area contributed by atoms with E-state index in [0.29, 0.717) is 11.4 Å². The number of hydrogen-bond acceptors (Lipinski definition) is 2. The molecule has 0 spiro atoms. The Labute approximate surface area is 129 Å². The second-order valence-electron chi connectivity index (χ2n) is 4.91.